The molecule has 0 saturated carbocycles. The molecule has 2 aromatic carbocycles. The summed E-state index contributed by atoms with van der Waals surface area (Å²) in [6.45, 7) is 2.80. The molecule has 0 aliphatic carbocycles. The molecule has 0 spiro atoms. The molecule has 0 atom stereocenters. The molecule has 2 heterocycles. The number of benzene rings is 2. The summed E-state index contributed by atoms with van der Waals surface area (Å²) in [5.41, 5.74) is 3.16. The highest BCUT2D eigenvalue weighted by Gasteiger charge is 2.27. The minimum atomic E-state index is 0.559. The van der Waals surface area contributed by atoms with Crippen molar-refractivity contribution in [1.82, 2.24) is 5.16 Å². The molecule has 4 rings (SSSR count). The van der Waals surface area contributed by atoms with Crippen LogP contribution in [0.4, 0.5) is 0 Å². The predicted molar refractivity (Wildman–Crippen MR) is 101 cm³/mol. The van der Waals surface area contributed by atoms with Gasteiger partial charge in [-0.25, -0.2) is 0 Å². The molecule has 27 heavy (non-hydrogen) atoms. The number of fused-ring (bicyclic) bond motifs is 5. The Kier molecular flexibility index (Phi) is 4.62. The van der Waals surface area contributed by atoms with E-state index in [4.69, 9.17) is 23.5 Å². The van der Waals surface area contributed by atoms with Crippen LogP contribution in [0.2, 0.25) is 0 Å². The average molecular weight is 367 g/mol. The van der Waals surface area contributed by atoms with Crippen LogP contribution in [-0.4, -0.2) is 26.0 Å². The van der Waals surface area contributed by atoms with E-state index in [9.17, 15) is 0 Å². The first kappa shape index (κ1) is 17.3. The molecule has 1 aromatic heterocycles. The van der Waals surface area contributed by atoms with Crippen LogP contribution in [-0.2, 0) is 0 Å². The van der Waals surface area contributed by atoms with Crippen LogP contribution >= 0.6 is 0 Å². The predicted octanol–water partition coefficient (Wildman–Crippen LogP) is 5.31. The molecule has 0 radical (unpaired) electrons. The quantitative estimate of drug-likeness (QED) is 0.430. The van der Waals surface area contributed by atoms with Gasteiger partial charge in [-0.15, -0.1) is 0 Å². The van der Waals surface area contributed by atoms with Gasteiger partial charge in [-0.3, -0.25) is 0 Å². The number of methoxy groups -OCH3 is 2. The SMILES string of the molecule is CCCCOc1ccc2c(c1)Oc1c(OC)cc(OC)cc1-c1nocc1-2. The number of aromatic nitrogens is 1. The molecule has 6 nitrogen and oxygen atoms in total. The van der Waals surface area contributed by atoms with Crippen molar-refractivity contribution in [2.75, 3.05) is 20.8 Å². The third-order valence-electron chi connectivity index (χ3n) is 4.53. The average Bonchev–Trinajstić information content (AvgIpc) is 3.13. The van der Waals surface area contributed by atoms with Gasteiger partial charge in [0.1, 0.15) is 29.2 Å². The maximum Gasteiger partial charge on any atom is 0.179 e. The maximum absolute atomic E-state index is 6.27. The van der Waals surface area contributed by atoms with Crippen LogP contribution in [0.5, 0.6) is 28.7 Å². The van der Waals surface area contributed by atoms with Crippen LogP contribution in [0.1, 0.15) is 19.8 Å². The van der Waals surface area contributed by atoms with Crippen molar-refractivity contribution in [2.24, 2.45) is 0 Å². The van der Waals surface area contributed by atoms with Gasteiger partial charge in [-0.1, -0.05) is 18.5 Å². The Balaban J connectivity index is 1.85. The van der Waals surface area contributed by atoms with E-state index in [2.05, 4.69) is 12.1 Å². The number of unbranched alkanes of at least 4 members (excludes halogenated alkanes) is 1. The molecule has 0 bridgehead atoms. The molecular formula is C21H21NO5. The van der Waals surface area contributed by atoms with E-state index in [1.165, 1.54) is 0 Å². The van der Waals surface area contributed by atoms with E-state index < -0.39 is 0 Å². The zero-order chi connectivity index (χ0) is 18.8. The summed E-state index contributed by atoms with van der Waals surface area (Å²) in [6, 6.07) is 9.43. The lowest BCUT2D eigenvalue weighted by Gasteiger charge is -2.15. The molecular weight excluding hydrogens is 346 g/mol. The fraction of sp³-hybridized carbons (Fsp3) is 0.286. The Morgan fingerprint density at radius 2 is 1.85 bits per heavy atom. The third kappa shape index (κ3) is 3.07. The second kappa shape index (κ2) is 7.23. The molecule has 0 fully saturated rings. The van der Waals surface area contributed by atoms with Gasteiger partial charge in [0.15, 0.2) is 11.5 Å². The highest BCUT2D eigenvalue weighted by atomic mass is 16.5. The van der Waals surface area contributed by atoms with Crippen molar-refractivity contribution in [3.8, 4) is 51.1 Å². The van der Waals surface area contributed by atoms with Crippen LogP contribution in [0, 0.1) is 0 Å². The molecule has 0 amide bonds. The fourth-order valence-electron chi connectivity index (χ4n) is 3.09. The normalized spacial score (nSPS) is 11.5. The fourth-order valence-corrected chi connectivity index (χ4v) is 3.09. The van der Waals surface area contributed by atoms with Crippen molar-refractivity contribution in [3.63, 3.8) is 0 Å². The standard InChI is InChI=1S/C21H21NO5/c1-4-5-8-25-13-6-7-15-17-12-26-22-20(17)16-9-14(23-2)11-19(24-3)21(16)27-18(15)10-13/h6-7,9-12H,4-5,8H2,1-3H3. The van der Waals surface area contributed by atoms with Crippen LogP contribution in [0.15, 0.2) is 41.1 Å². The Morgan fingerprint density at radius 3 is 2.63 bits per heavy atom. The lowest BCUT2D eigenvalue weighted by atomic mass is 10.0. The van der Waals surface area contributed by atoms with E-state index in [-0.39, 0.29) is 0 Å². The molecule has 1 aliphatic heterocycles. The summed E-state index contributed by atoms with van der Waals surface area (Å²) < 4.78 is 28.3. The highest BCUT2D eigenvalue weighted by molar-refractivity contribution is 5.89. The van der Waals surface area contributed by atoms with Crippen LogP contribution < -0.4 is 18.9 Å². The summed E-state index contributed by atoms with van der Waals surface area (Å²) in [6.07, 6.45) is 3.71. The van der Waals surface area contributed by atoms with Crippen molar-refractivity contribution in [1.29, 1.82) is 0 Å². The summed E-state index contributed by atoms with van der Waals surface area (Å²) in [5, 5.41) is 4.19. The summed E-state index contributed by atoms with van der Waals surface area (Å²) in [7, 11) is 3.20. The smallest absolute Gasteiger partial charge is 0.179 e. The Morgan fingerprint density at radius 1 is 0.963 bits per heavy atom. The summed E-state index contributed by atoms with van der Waals surface area (Å²) in [5.74, 6) is 3.20. The Bertz CT molecular complexity index is 963. The maximum atomic E-state index is 6.27. The molecule has 0 N–H and O–H groups in total. The first-order valence-corrected chi connectivity index (χ1v) is 8.91. The van der Waals surface area contributed by atoms with E-state index in [0.29, 0.717) is 35.3 Å². The number of hydrogen-bond acceptors (Lipinski definition) is 6. The topological polar surface area (TPSA) is 63.0 Å². The minimum absolute atomic E-state index is 0.559. The lowest BCUT2D eigenvalue weighted by molar-refractivity contribution is 0.307. The van der Waals surface area contributed by atoms with Gasteiger partial charge in [0.25, 0.3) is 0 Å². The van der Waals surface area contributed by atoms with Gasteiger partial charge in [0.2, 0.25) is 0 Å². The van der Waals surface area contributed by atoms with E-state index in [0.717, 1.165) is 35.3 Å². The largest absolute Gasteiger partial charge is 0.497 e. The van der Waals surface area contributed by atoms with Crippen molar-refractivity contribution in [2.45, 2.75) is 19.8 Å². The molecule has 140 valence electrons. The first-order chi connectivity index (χ1) is 13.2. The third-order valence-corrected chi connectivity index (χ3v) is 4.53. The van der Waals surface area contributed by atoms with E-state index >= 15 is 0 Å². The van der Waals surface area contributed by atoms with Gasteiger partial charge >= 0.3 is 0 Å². The van der Waals surface area contributed by atoms with Gasteiger partial charge in [0, 0.05) is 17.7 Å². The van der Waals surface area contributed by atoms with Crippen molar-refractivity contribution in [3.05, 3.63) is 36.6 Å². The van der Waals surface area contributed by atoms with Gasteiger partial charge in [-0.2, -0.15) is 0 Å². The van der Waals surface area contributed by atoms with Gasteiger partial charge < -0.3 is 23.5 Å². The molecule has 0 unspecified atom stereocenters. The highest BCUT2D eigenvalue weighted by Crippen LogP contribution is 2.51. The van der Waals surface area contributed by atoms with E-state index in [1.54, 1.807) is 26.5 Å². The first-order valence-electron chi connectivity index (χ1n) is 8.91. The minimum Gasteiger partial charge on any atom is -0.497 e. The zero-order valence-corrected chi connectivity index (χ0v) is 15.6. The summed E-state index contributed by atoms with van der Waals surface area (Å²) >= 11 is 0. The number of rotatable bonds is 6. The number of ether oxygens (including phenoxy) is 4. The van der Waals surface area contributed by atoms with Gasteiger partial charge in [0.05, 0.1) is 32.0 Å². The molecule has 1 aliphatic rings. The lowest BCUT2D eigenvalue weighted by Crippen LogP contribution is -1.97. The second-order valence-corrected chi connectivity index (χ2v) is 6.25. The summed E-state index contributed by atoms with van der Waals surface area (Å²) in [4.78, 5) is 0. The Hall–Kier alpha value is -3.15. The Labute approximate surface area is 157 Å². The van der Waals surface area contributed by atoms with Crippen molar-refractivity contribution < 1.29 is 23.5 Å². The zero-order valence-electron chi connectivity index (χ0n) is 15.6. The van der Waals surface area contributed by atoms with Crippen LogP contribution in [0.3, 0.4) is 0 Å². The van der Waals surface area contributed by atoms with Crippen molar-refractivity contribution >= 4 is 0 Å². The monoisotopic (exact) mass is 367 g/mol. The van der Waals surface area contributed by atoms with Gasteiger partial charge in [-0.05, 0) is 24.6 Å². The second-order valence-electron chi connectivity index (χ2n) is 6.25. The molecule has 6 heteroatoms. The van der Waals surface area contributed by atoms with E-state index in [1.807, 2.05) is 24.3 Å². The number of hydrogen-bond donors (Lipinski definition) is 0. The molecule has 3 aromatic rings. The molecule has 0 saturated heterocycles. The number of nitrogens with zero attached hydrogens (tertiary/aromatic N) is 1. The van der Waals surface area contributed by atoms with Crippen LogP contribution in [0.25, 0.3) is 22.4 Å².